The maximum atomic E-state index is 11.2. The van der Waals surface area contributed by atoms with Gasteiger partial charge in [0.2, 0.25) is 0 Å². The Morgan fingerprint density at radius 2 is 1.75 bits per heavy atom. The maximum absolute atomic E-state index is 11.2. The van der Waals surface area contributed by atoms with Crippen molar-refractivity contribution in [1.29, 1.82) is 0 Å². The summed E-state index contributed by atoms with van der Waals surface area (Å²) >= 11 is 0. The minimum Gasteiger partial charge on any atom is -0.462 e. The Morgan fingerprint density at radius 1 is 1.19 bits per heavy atom. The van der Waals surface area contributed by atoms with Crippen LogP contribution < -0.4 is 0 Å². The molecule has 1 aliphatic rings. The number of hydrogen-bond acceptors (Lipinski definition) is 2. The number of ether oxygens (including phenoxy) is 1. The van der Waals surface area contributed by atoms with Crippen LogP contribution in [0.5, 0.6) is 0 Å². The van der Waals surface area contributed by atoms with Crippen molar-refractivity contribution in [2.45, 2.75) is 72.3 Å². The van der Waals surface area contributed by atoms with Crippen LogP contribution >= 0.6 is 0 Å². The Kier molecular flexibility index (Phi) is 4.82. The van der Waals surface area contributed by atoms with E-state index in [1.54, 1.807) is 0 Å². The highest BCUT2D eigenvalue weighted by atomic mass is 16.5. The zero-order valence-corrected chi connectivity index (χ0v) is 11.2. The highest BCUT2D eigenvalue weighted by Gasteiger charge is 2.32. The first-order valence-electron chi connectivity index (χ1n) is 6.69. The summed E-state index contributed by atoms with van der Waals surface area (Å²) in [6, 6.07) is 0. The van der Waals surface area contributed by atoms with Crippen LogP contribution in [0.25, 0.3) is 0 Å². The van der Waals surface area contributed by atoms with Crippen LogP contribution in [0.2, 0.25) is 0 Å². The Bertz CT molecular complexity index is 225. The molecule has 0 N–H and O–H groups in total. The van der Waals surface area contributed by atoms with Crippen LogP contribution in [0, 0.1) is 11.3 Å². The normalized spacial score (nSPS) is 26.5. The zero-order chi connectivity index (χ0) is 12.2. The molecule has 2 heteroatoms. The van der Waals surface area contributed by atoms with E-state index in [1.807, 2.05) is 6.92 Å². The molecule has 0 unspecified atom stereocenters. The van der Waals surface area contributed by atoms with Gasteiger partial charge in [0.15, 0.2) is 0 Å². The van der Waals surface area contributed by atoms with E-state index in [4.69, 9.17) is 4.74 Å². The summed E-state index contributed by atoms with van der Waals surface area (Å²) in [6.07, 6.45) is 6.46. The molecule has 1 rings (SSSR count). The van der Waals surface area contributed by atoms with Crippen molar-refractivity contribution >= 4 is 5.97 Å². The molecule has 2 nitrogen and oxygen atoms in total. The molecule has 0 aromatic heterocycles. The quantitative estimate of drug-likeness (QED) is 0.679. The third-order valence-corrected chi connectivity index (χ3v) is 4.28. The summed E-state index contributed by atoms with van der Waals surface area (Å²) in [5.41, 5.74) is 0.444. The van der Waals surface area contributed by atoms with Crippen molar-refractivity contribution in [2.75, 3.05) is 0 Å². The van der Waals surface area contributed by atoms with E-state index in [-0.39, 0.29) is 12.1 Å². The third-order valence-electron chi connectivity index (χ3n) is 4.28. The number of esters is 1. The lowest BCUT2D eigenvalue weighted by atomic mass is 9.69. The summed E-state index contributed by atoms with van der Waals surface area (Å²) in [4.78, 5) is 11.2. The number of carbonyl (C=O) groups is 1. The van der Waals surface area contributed by atoms with Gasteiger partial charge >= 0.3 is 5.97 Å². The van der Waals surface area contributed by atoms with E-state index in [1.165, 1.54) is 19.3 Å². The van der Waals surface area contributed by atoms with Crippen molar-refractivity contribution in [1.82, 2.24) is 0 Å². The second-order valence-electron chi connectivity index (χ2n) is 5.66. The summed E-state index contributed by atoms with van der Waals surface area (Å²) < 4.78 is 5.40. The molecule has 0 aromatic rings. The molecule has 0 bridgehead atoms. The van der Waals surface area contributed by atoms with E-state index >= 15 is 0 Å². The lowest BCUT2D eigenvalue weighted by Crippen LogP contribution is -2.31. The van der Waals surface area contributed by atoms with Gasteiger partial charge in [-0.25, -0.2) is 0 Å². The summed E-state index contributed by atoms with van der Waals surface area (Å²) in [5.74, 6) is 0.757. The Hall–Kier alpha value is -0.530. The van der Waals surface area contributed by atoms with Crippen LogP contribution in [0.3, 0.4) is 0 Å². The monoisotopic (exact) mass is 226 g/mol. The summed E-state index contributed by atoms with van der Waals surface area (Å²) in [5, 5.41) is 0. The highest BCUT2D eigenvalue weighted by molar-refractivity contribution is 5.69. The maximum Gasteiger partial charge on any atom is 0.305 e. The summed E-state index contributed by atoms with van der Waals surface area (Å²) in [6.45, 7) is 8.84. The number of rotatable bonds is 4. The van der Waals surface area contributed by atoms with Gasteiger partial charge in [-0.1, -0.05) is 34.1 Å². The molecule has 1 fully saturated rings. The Labute approximate surface area is 99.8 Å². The molecule has 16 heavy (non-hydrogen) atoms. The first-order chi connectivity index (χ1) is 7.49. The van der Waals surface area contributed by atoms with Gasteiger partial charge in [0, 0.05) is 6.42 Å². The van der Waals surface area contributed by atoms with Gasteiger partial charge in [0.05, 0.1) is 0 Å². The molecule has 94 valence electrons. The van der Waals surface area contributed by atoms with Crippen molar-refractivity contribution in [3.05, 3.63) is 0 Å². The van der Waals surface area contributed by atoms with Gasteiger partial charge in [0.1, 0.15) is 6.10 Å². The lowest BCUT2D eigenvalue weighted by molar-refractivity contribution is -0.151. The molecule has 0 spiro atoms. The molecule has 0 radical (unpaired) electrons. The molecule has 1 saturated carbocycles. The number of carbonyl (C=O) groups excluding carboxylic acids is 1. The molecular formula is C14H26O2. The van der Waals surface area contributed by atoms with Gasteiger partial charge in [-0.3, -0.25) is 4.79 Å². The molecule has 0 saturated heterocycles. The van der Waals surface area contributed by atoms with E-state index in [2.05, 4.69) is 20.8 Å². The first kappa shape index (κ1) is 13.5. The van der Waals surface area contributed by atoms with Gasteiger partial charge in [-0.05, 0) is 37.0 Å². The lowest BCUT2D eigenvalue weighted by Gasteiger charge is -2.38. The van der Waals surface area contributed by atoms with E-state index in [0.29, 0.717) is 11.8 Å². The topological polar surface area (TPSA) is 26.3 Å². The highest BCUT2D eigenvalue weighted by Crippen LogP contribution is 2.40. The van der Waals surface area contributed by atoms with Crippen LogP contribution in [-0.2, 0) is 9.53 Å². The smallest absolute Gasteiger partial charge is 0.305 e. The van der Waals surface area contributed by atoms with Gasteiger partial charge < -0.3 is 4.74 Å². The Balaban J connectivity index is 2.37. The van der Waals surface area contributed by atoms with Crippen LogP contribution in [0.15, 0.2) is 0 Å². The SMILES string of the molecule is CCC(=O)OC1CCC(C(C)(C)CC)CC1. The van der Waals surface area contributed by atoms with Crippen LogP contribution in [0.1, 0.15) is 66.2 Å². The molecular weight excluding hydrogens is 200 g/mol. The predicted molar refractivity (Wildman–Crippen MR) is 66.2 cm³/mol. The fourth-order valence-electron chi connectivity index (χ4n) is 2.52. The number of hydrogen-bond donors (Lipinski definition) is 0. The first-order valence-corrected chi connectivity index (χ1v) is 6.69. The average Bonchev–Trinajstić information content (AvgIpc) is 2.29. The van der Waals surface area contributed by atoms with E-state index in [9.17, 15) is 4.79 Å². The zero-order valence-electron chi connectivity index (χ0n) is 11.2. The molecule has 1 aliphatic carbocycles. The van der Waals surface area contributed by atoms with Crippen molar-refractivity contribution in [2.24, 2.45) is 11.3 Å². The fourth-order valence-corrected chi connectivity index (χ4v) is 2.52. The second-order valence-corrected chi connectivity index (χ2v) is 5.66. The minimum atomic E-state index is -0.0433. The van der Waals surface area contributed by atoms with Gasteiger partial charge in [-0.2, -0.15) is 0 Å². The fraction of sp³-hybridized carbons (Fsp3) is 0.929. The van der Waals surface area contributed by atoms with Crippen molar-refractivity contribution < 1.29 is 9.53 Å². The standard InChI is InChI=1S/C14H26O2/c1-5-13(15)16-12-9-7-11(8-10-12)14(3,4)6-2/h11-12H,5-10H2,1-4H3. The van der Waals surface area contributed by atoms with E-state index < -0.39 is 0 Å². The Morgan fingerprint density at radius 3 is 2.19 bits per heavy atom. The largest absolute Gasteiger partial charge is 0.462 e. The van der Waals surface area contributed by atoms with E-state index in [0.717, 1.165) is 18.8 Å². The predicted octanol–water partition coefficient (Wildman–Crippen LogP) is 3.93. The summed E-state index contributed by atoms with van der Waals surface area (Å²) in [7, 11) is 0. The molecule has 0 heterocycles. The van der Waals surface area contributed by atoms with Crippen LogP contribution in [0.4, 0.5) is 0 Å². The van der Waals surface area contributed by atoms with Gasteiger partial charge in [-0.15, -0.1) is 0 Å². The van der Waals surface area contributed by atoms with Crippen LogP contribution in [-0.4, -0.2) is 12.1 Å². The second kappa shape index (κ2) is 5.70. The average molecular weight is 226 g/mol. The molecule has 0 aliphatic heterocycles. The molecule has 0 atom stereocenters. The van der Waals surface area contributed by atoms with Gasteiger partial charge in [0.25, 0.3) is 0 Å². The molecule has 0 amide bonds. The van der Waals surface area contributed by atoms with Crippen molar-refractivity contribution in [3.63, 3.8) is 0 Å². The molecule has 0 aromatic carbocycles. The van der Waals surface area contributed by atoms with Crippen molar-refractivity contribution in [3.8, 4) is 0 Å². The minimum absolute atomic E-state index is 0.0433. The third kappa shape index (κ3) is 3.50.